The molecule has 0 saturated carbocycles. The van der Waals surface area contributed by atoms with Crippen LogP contribution >= 0.6 is 15.9 Å². The molecule has 0 aliphatic heterocycles. The molecule has 6 heteroatoms. The number of halogens is 1. The van der Waals surface area contributed by atoms with E-state index < -0.39 is 12.0 Å². The van der Waals surface area contributed by atoms with Crippen LogP contribution in [0.3, 0.4) is 0 Å². The van der Waals surface area contributed by atoms with Gasteiger partial charge in [0.15, 0.2) is 0 Å². The third kappa shape index (κ3) is 3.01. The number of aromatic amines is 1. The zero-order valence-corrected chi connectivity index (χ0v) is 12.7. The topological polar surface area (TPSA) is 82.2 Å². The summed E-state index contributed by atoms with van der Waals surface area (Å²) < 4.78 is 0.970. The first-order valence-corrected chi connectivity index (χ1v) is 6.94. The Morgan fingerprint density at radius 1 is 1.45 bits per heavy atom. The maximum atomic E-state index is 11.2. The average molecular weight is 339 g/mol. The smallest absolute Gasteiger partial charge is 0.326 e. The first kappa shape index (κ1) is 14.6. The van der Waals surface area contributed by atoms with Gasteiger partial charge in [-0.25, -0.2) is 4.79 Å². The summed E-state index contributed by atoms with van der Waals surface area (Å²) >= 11 is 3.47. The molecule has 3 N–H and O–H groups in total. The lowest BCUT2D eigenvalue weighted by atomic mass is 10.0. The molecular weight excluding hydrogens is 324 g/mol. The molecule has 0 fully saturated rings. The summed E-state index contributed by atoms with van der Waals surface area (Å²) in [4.78, 5) is 25.4. The Balaban J connectivity index is 2.35. The fourth-order valence-electron chi connectivity index (χ4n) is 2.14. The van der Waals surface area contributed by atoms with Crippen LogP contribution in [0.4, 0.5) is 0 Å². The second kappa shape index (κ2) is 5.66. The van der Waals surface area contributed by atoms with Gasteiger partial charge < -0.3 is 15.4 Å². The van der Waals surface area contributed by atoms with E-state index in [0.29, 0.717) is 0 Å². The van der Waals surface area contributed by atoms with Crippen molar-refractivity contribution in [3.63, 3.8) is 0 Å². The first-order valence-electron chi connectivity index (χ1n) is 6.14. The van der Waals surface area contributed by atoms with Gasteiger partial charge in [-0.1, -0.05) is 15.9 Å². The molecule has 1 heterocycles. The van der Waals surface area contributed by atoms with Crippen LogP contribution in [0.25, 0.3) is 10.9 Å². The molecule has 1 unspecified atom stereocenters. The number of hydrogen-bond acceptors (Lipinski definition) is 2. The molecule has 0 aliphatic carbocycles. The average Bonchev–Trinajstić information content (AvgIpc) is 2.71. The van der Waals surface area contributed by atoms with Crippen LogP contribution in [0.2, 0.25) is 0 Å². The second-order valence-corrected chi connectivity index (χ2v) is 5.61. The molecule has 2 rings (SSSR count). The van der Waals surface area contributed by atoms with Gasteiger partial charge in [-0.15, -0.1) is 0 Å². The highest BCUT2D eigenvalue weighted by molar-refractivity contribution is 9.10. The highest BCUT2D eigenvalue weighted by Gasteiger charge is 2.20. The summed E-state index contributed by atoms with van der Waals surface area (Å²) in [7, 11) is 0. The second-order valence-electron chi connectivity index (χ2n) is 4.76. The van der Waals surface area contributed by atoms with E-state index in [1.54, 1.807) is 6.20 Å². The van der Waals surface area contributed by atoms with Crippen molar-refractivity contribution in [2.24, 2.45) is 0 Å². The van der Waals surface area contributed by atoms with Crippen LogP contribution in [0, 0.1) is 6.92 Å². The summed E-state index contributed by atoms with van der Waals surface area (Å²) in [5.74, 6) is -1.39. The minimum atomic E-state index is -1.04. The molecular formula is C14H15BrN2O3. The van der Waals surface area contributed by atoms with Gasteiger partial charge in [-0.2, -0.15) is 0 Å². The van der Waals surface area contributed by atoms with Gasteiger partial charge in [0.05, 0.1) is 0 Å². The van der Waals surface area contributed by atoms with Crippen LogP contribution in [0.5, 0.6) is 0 Å². The number of rotatable bonds is 4. The summed E-state index contributed by atoms with van der Waals surface area (Å²) in [5.41, 5.74) is 2.91. The number of nitrogens with one attached hydrogen (secondary N) is 2. The Morgan fingerprint density at radius 2 is 2.15 bits per heavy atom. The lowest BCUT2D eigenvalue weighted by Gasteiger charge is -2.12. The number of aliphatic carboxylic acids is 1. The third-order valence-corrected chi connectivity index (χ3v) is 4.00. The molecule has 0 bridgehead atoms. The number of aromatic nitrogens is 1. The zero-order valence-electron chi connectivity index (χ0n) is 11.2. The van der Waals surface area contributed by atoms with Gasteiger partial charge in [-0.05, 0) is 30.2 Å². The van der Waals surface area contributed by atoms with Crippen LogP contribution in [0.1, 0.15) is 18.1 Å². The predicted octanol–water partition coefficient (Wildman–Crippen LogP) is 2.37. The monoisotopic (exact) mass is 338 g/mol. The lowest BCUT2D eigenvalue weighted by molar-refractivity contribution is -0.141. The van der Waals surface area contributed by atoms with Gasteiger partial charge >= 0.3 is 5.97 Å². The molecule has 1 aromatic heterocycles. The fourth-order valence-corrected chi connectivity index (χ4v) is 2.49. The van der Waals surface area contributed by atoms with Crippen LogP contribution in [-0.2, 0) is 16.0 Å². The van der Waals surface area contributed by atoms with E-state index in [9.17, 15) is 9.59 Å². The largest absolute Gasteiger partial charge is 0.480 e. The number of fused-ring (bicyclic) bond motifs is 1. The van der Waals surface area contributed by atoms with Gasteiger partial charge in [0.25, 0.3) is 0 Å². The molecule has 0 spiro atoms. The van der Waals surface area contributed by atoms with Gasteiger partial charge in [-0.3, -0.25) is 4.79 Å². The highest BCUT2D eigenvalue weighted by atomic mass is 79.9. The van der Waals surface area contributed by atoms with E-state index in [2.05, 4.69) is 26.2 Å². The number of carbonyl (C=O) groups is 2. The molecule has 0 aliphatic rings. The van der Waals surface area contributed by atoms with Crippen molar-refractivity contribution < 1.29 is 14.7 Å². The van der Waals surface area contributed by atoms with Crippen molar-refractivity contribution >= 4 is 38.7 Å². The summed E-state index contributed by atoms with van der Waals surface area (Å²) in [6.07, 6.45) is 2.03. The van der Waals surface area contributed by atoms with Gasteiger partial charge in [0.1, 0.15) is 6.04 Å². The molecule has 1 aromatic carbocycles. The Morgan fingerprint density at radius 3 is 2.75 bits per heavy atom. The minimum absolute atomic E-state index is 0.240. The van der Waals surface area contributed by atoms with Crippen molar-refractivity contribution in [1.82, 2.24) is 10.3 Å². The number of benzene rings is 1. The number of H-pyrrole nitrogens is 1. The molecule has 0 radical (unpaired) electrons. The van der Waals surface area contributed by atoms with Crippen molar-refractivity contribution in [2.45, 2.75) is 26.3 Å². The van der Waals surface area contributed by atoms with E-state index in [0.717, 1.165) is 26.5 Å². The third-order valence-electron chi connectivity index (χ3n) is 3.15. The van der Waals surface area contributed by atoms with Crippen molar-refractivity contribution in [2.75, 3.05) is 0 Å². The van der Waals surface area contributed by atoms with E-state index in [4.69, 9.17) is 5.11 Å². The fraction of sp³-hybridized carbons (Fsp3) is 0.286. The maximum absolute atomic E-state index is 11.2. The standard InChI is InChI=1S/C14H15BrN2O3/c1-7-3-12-10(5-11(7)15)9(6-16-12)4-13(14(19)20)17-8(2)18/h3,5-6,13,16H,4H2,1-2H3,(H,17,18)(H,19,20). The number of aryl methyl sites for hydroxylation is 1. The quantitative estimate of drug-likeness (QED) is 0.800. The summed E-state index contributed by atoms with van der Waals surface area (Å²) in [6.45, 7) is 3.30. The molecule has 1 amide bonds. The lowest BCUT2D eigenvalue weighted by Crippen LogP contribution is -2.41. The van der Waals surface area contributed by atoms with Crippen LogP contribution in [-0.4, -0.2) is 28.0 Å². The Kier molecular flexibility index (Phi) is 4.13. The molecule has 20 heavy (non-hydrogen) atoms. The van der Waals surface area contributed by atoms with E-state index in [-0.39, 0.29) is 12.3 Å². The SMILES string of the molecule is CC(=O)NC(Cc1c[nH]c2cc(C)c(Br)cc12)C(=O)O. The van der Waals surface area contributed by atoms with E-state index in [1.165, 1.54) is 6.92 Å². The van der Waals surface area contributed by atoms with Crippen molar-refractivity contribution in [3.8, 4) is 0 Å². The van der Waals surface area contributed by atoms with Crippen molar-refractivity contribution in [3.05, 3.63) is 33.9 Å². The normalized spacial score (nSPS) is 12.3. The Hall–Kier alpha value is -1.82. The van der Waals surface area contributed by atoms with Gasteiger partial charge in [0, 0.05) is 34.9 Å². The van der Waals surface area contributed by atoms with Crippen LogP contribution in [0.15, 0.2) is 22.8 Å². The maximum Gasteiger partial charge on any atom is 0.326 e. The Labute approximate surface area is 124 Å². The minimum Gasteiger partial charge on any atom is -0.480 e. The van der Waals surface area contributed by atoms with E-state index >= 15 is 0 Å². The molecule has 0 saturated heterocycles. The predicted molar refractivity (Wildman–Crippen MR) is 79.7 cm³/mol. The highest BCUT2D eigenvalue weighted by Crippen LogP contribution is 2.26. The van der Waals surface area contributed by atoms with Crippen LogP contribution < -0.4 is 5.32 Å². The number of carboxylic acids is 1. The number of carboxylic acid groups (broad SMARTS) is 1. The van der Waals surface area contributed by atoms with Crippen molar-refractivity contribution in [1.29, 1.82) is 0 Å². The molecule has 2 aromatic rings. The molecule has 5 nitrogen and oxygen atoms in total. The number of carbonyl (C=O) groups excluding carboxylic acids is 1. The molecule has 106 valence electrons. The first-order chi connectivity index (χ1) is 9.38. The summed E-state index contributed by atoms with van der Waals surface area (Å²) in [6, 6.07) is 3.03. The number of amides is 1. The summed E-state index contributed by atoms with van der Waals surface area (Å²) in [5, 5.41) is 12.6. The Bertz CT molecular complexity index is 678. The molecule has 1 atom stereocenters. The van der Waals surface area contributed by atoms with Gasteiger partial charge in [0.2, 0.25) is 5.91 Å². The van der Waals surface area contributed by atoms with E-state index in [1.807, 2.05) is 19.1 Å². The number of hydrogen-bond donors (Lipinski definition) is 3. The zero-order chi connectivity index (χ0) is 14.9.